The maximum absolute atomic E-state index is 13.8. The number of aliphatic hydroxyl groups excluding tert-OH is 4. The molecule has 2 aliphatic rings. The summed E-state index contributed by atoms with van der Waals surface area (Å²) in [6, 6.07) is 9.14. The van der Waals surface area contributed by atoms with Crippen LogP contribution in [-0.2, 0) is 44.7 Å². The van der Waals surface area contributed by atoms with Crippen molar-refractivity contribution in [3.8, 4) is 0 Å². The number of nitrogens with one attached hydrogen (secondary N) is 7. The molecule has 0 aliphatic carbocycles. The first-order valence-electron chi connectivity index (χ1n) is 20.5. The maximum Gasteiger partial charge on any atom is 0.253 e. The van der Waals surface area contributed by atoms with E-state index < -0.39 is 128 Å². The van der Waals surface area contributed by atoms with Gasteiger partial charge in [0.05, 0.1) is 44.2 Å². The third kappa shape index (κ3) is 13.4. The lowest BCUT2D eigenvalue weighted by Gasteiger charge is -2.34. The fraction of sp³-hybridized carbons (Fsp3) is 0.419. The van der Waals surface area contributed by atoms with Gasteiger partial charge in [0.1, 0.15) is 18.2 Å². The fourth-order valence-corrected chi connectivity index (χ4v) is 7.47. The van der Waals surface area contributed by atoms with Crippen LogP contribution in [0.15, 0.2) is 73.0 Å². The van der Waals surface area contributed by atoms with Crippen LogP contribution >= 0.6 is 11.6 Å². The molecule has 9 atom stereocenters. The zero-order valence-corrected chi connectivity index (χ0v) is 36.2. The number of β-amino-alcohol motifs (C(OH)–C–C–N with tert-alkyl or cyclic N) is 1. The molecule has 350 valence electrons. The number of benzene rings is 2. The van der Waals surface area contributed by atoms with Gasteiger partial charge in [-0.1, -0.05) is 72.3 Å². The molecule has 2 aromatic carbocycles. The number of methoxy groups -OCH3 is 1. The van der Waals surface area contributed by atoms with Crippen molar-refractivity contribution in [2.24, 2.45) is 0 Å². The number of hydrogen-bond donors (Lipinski definition) is 12. The van der Waals surface area contributed by atoms with Crippen molar-refractivity contribution in [3.05, 3.63) is 89.1 Å². The number of likely N-dealkylation sites (N-methyl/N-ethyl adjacent to an activating group) is 1. The fourth-order valence-electron chi connectivity index (χ4n) is 7.30. The lowest BCUT2D eigenvalue weighted by atomic mass is 9.95. The predicted molar refractivity (Wildman–Crippen MR) is 233 cm³/mol. The minimum Gasteiger partial charge on any atom is -0.391 e. The molecule has 2 aliphatic heterocycles. The quantitative estimate of drug-likeness (QED) is 0.0970. The molecule has 1 aromatic heterocycles. The van der Waals surface area contributed by atoms with Crippen molar-refractivity contribution in [2.45, 2.75) is 80.1 Å². The van der Waals surface area contributed by atoms with Gasteiger partial charge in [0, 0.05) is 49.2 Å². The lowest BCUT2D eigenvalue weighted by molar-refractivity contribution is -0.146. The molecule has 5 rings (SSSR count). The highest BCUT2D eigenvalue weighted by Gasteiger charge is 2.55. The van der Waals surface area contributed by atoms with E-state index in [4.69, 9.17) is 16.3 Å². The normalized spacial score (nSPS) is 27.1. The van der Waals surface area contributed by atoms with E-state index >= 15 is 0 Å². The summed E-state index contributed by atoms with van der Waals surface area (Å²) in [5.41, 5.74) is -0.495. The summed E-state index contributed by atoms with van der Waals surface area (Å²) in [4.78, 5) is 97.2. The summed E-state index contributed by atoms with van der Waals surface area (Å²) >= 11 is 6.12. The van der Waals surface area contributed by atoms with Gasteiger partial charge in [-0.15, -0.1) is 0 Å². The number of H-pyrrole nitrogens is 1. The number of halogens is 1. The van der Waals surface area contributed by atoms with E-state index in [0.717, 1.165) is 17.6 Å². The van der Waals surface area contributed by atoms with Crippen molar-refractivity contribution in [2.75, 3.05) is 33.8 Å². The predicted octanol–water partition coefficient (Wildman–Crippen LogP) is -2.76. The molecular weight excluding hydrogens is 872 g/mol. The first-order chi connectivity index (χ1) is 30.9. The number of aromatic nitrogens is 1. The molecule has 2 fully saturated rings. The van der Waals surface area contributed by atoms with Gasteiger partial charge < -0.3 is 72.1 Å². The van der Waals surface area contributed by atoms with Crippen LogP contribution in [0.1, 0.15) is 30.4 Å². The molecule has 65 heavy (non-hydrogen) atoms. The van der Waals surface area contributed by atoms with E-state index in [0.29, 0.717) is 21.5 Å². The molecule has 7 amide bonds. The van der Waals surface area contributed by atoms with E-state index in [2.05, 4.69) is 36.9 Å². The molecule has 0 bridgehead atoms. The highest BCUT2D eigenvalue weighted by molar-refractivity contribution is 6.31. The van der Waals surface area contributed by atoms with Crippen molar-refractivity contribution in [3.63, 3.8) is 0 Å². The summed E-state index contributed by atoms with van der Waals surface area (Å²) in [7, 11) is 2.26. The van der Waals surface area contributed by atoms with Crippen LogP contribution in [0.2, 0.25) is 5.02 Å². The van der Waals surface area contributed by atoms with E-state index in [9.17, 15) is 59.1 Å². The average Bonchev–Trinajstić information content (AvgIpc) is 3.77. The SMILES string of the molecule is COC1C(=O)N[C@@]2(O)CC(=O)N(C)CC(=O)N[C@H](Cc3c[nH]c4cc(Cl)ccc34)C(=O)NCC(=O)NC[C@H](O)CC(=O)NC([C@H](O)[C@@H](O)C/C=C/C=C/c3ccccc3)[C@H](O)C(=O)N[C@H]12. The first-order valence-corrected chi connectivity index (χ1v) is 20.9. The van der Waals surface area contributed by atoms with Crippen LogP contribution in [0.4, 0.5) is 0 Å². The molecule has 3 aromatic rings. The Morgan fingerprint density at radius 3 is 2.37 bits per heavy atom. The van der Waals surface area contributed by atoms with Crippen LogP contribution in [-0.4, -0.2) is 165 Å². The van der Waals surface area contributed by atoms with Gasteiger partial charge in [-0.3, -0.25) is 33.6 Å². The van der Waals surface area contributed by atoms with Crippen molar-refractivity contribution >= 4 is 69.9 Å². The van der Waals surface area contributed by atoms with E-state index in [1.807, 2.05) is 30.3 Å². The van der Waals surface area contributed by atoms with Crippen LogP contribution in [0.25, 0.3) is 17.0 Å². The largest absolute Gasteiger partial charge is 0.391 e. The smallest absolute Gasteiger partial charge is 0.253 e. The second kappa shape index (κ2) is 22.6. The summed E-state index contributed by atoms with van der Waals surface area (Å²) in [6.45, 7) is -1.84. The van der Waals surface area contributed by atoms with Gasteiger partial charge in [0.2, 0.25) is 29.5 Å². The Balaban J connectivity index is 1.39. The summed E-state index contributed by atoms with van der Waals surface area (Å²) in [6.07, 6.45) is -3.41. The molecule has 2 unspecified atom stereocenters. The first kappa shape index (κ1) is 49.8. The van der Waals surface area contributed by atoms with E-state index in [-0.39, 0.29) is 12.8 Å². The minimum absolute atomic E-state index is 0.0980. The van der Waals surface area contributed by atoms with Gasteiger partial charge in [-0.2, -0.15) is 0 Å². The van der Waals surface area contributed by atoms with Gasteiger partial charge in [-0.25, -0.2) is 0 Å². The third-order valence-corrected chi connectivity index (χ3v) is 11.0. The van der Waals surface area contributed by atoms with E-state index in [1.54, 1.807) is 42.6 Å². The van der Waals surface area contributed by atoms with Gasteiger partial charge in [0.25, 0.3) is 11.8 Å². The number of amides is 7. The number of rotatable bonds is 9. The highest BCUT2D eigenvalue weighted by atomic mass is 35.5. The van der Waals surface area contributed by atoms with Crippen molar-refractivity contribution in [1.29, 1.82) is 0 Å². The van der Waals surface area contributed by atoms with Gasteiger partial charge >= 0.3 is 0 Å². The number of aromatic amines is 1. The Labute approximate surface area is 377 Å². The molecule has 0 radical (unpaired) electrons. The van der Waals surface area contributed by atoms with Crippen LogP contribution < -0.4 is 31.9 Å². The Kier molecular flexibility index (Phi) is 17.3. The second-order valence-corrected chi connectivity index (χ2v) is 16.2. The molecule has 0 saturated carbocycles. The standard InChI is InChI=1S/C43H53ClN8O13/c1-52-22-33(57)48-29(15-24-19-45-28-16-25(44)13-14-27(24)28)40(61)47-21-32(56)46-20-26(53)17-31(55)49-35(36(59)30(54)12-8-4-7-11-23-9-5-3-6-10-23)37(60)41(62)50-39-38(65-2)42(63)51-43(39,64)18-34(52)58/h3-11,13-14,16,19,26,29-30,35-39,45,53-54,59-60,64H,12,15,17-18,20-22H2,1-2H3,(H,46,56)(H,47,61)(H,48,57)(H,49,55)(H,50,62)(H,51,63)/b8-4+,11-7+/t26-,29-,30+,35?,36-,37+,38?,39-,43-/m1/s1. The highest BCUT2D eigenvalue weighted by Crippen LogP contribution is 2.26. The molecule has 21 nitrogen and oxygen atoms in total. The second-order valence-electron chi connectivity index (χ2n) is 15.7. The Bertz CT molecular complexity index is 2280. The van der Waals surface area contributed by atoms with Crippen LogP contribution in [0.5, 0.6) is 0 Å². The molecule has 0 spiro atoms. The number of carbonyl (C=O) groups is 7. The zero-order chi connectivity index (χ0) is 47.4. The number of carbonyl (C=O) groups excluding carboxylic acids is 7. The minimum atomic E-state index is -2.61. The number of ether oxygens (including phenoxy) is 1. The topological polar surface area (TPSA) is 321 Å². The van der Waals surface area contributed by atoms with Crippen molar-refractivity contribution < 1.29 is 63.8 Å². The zero-order valence-electron chi connectivity index (χ0n) is 35.4. The molecule has 12 N–H and O–H groups in total. The molecular formula is C43H53ClN8O13. The molecule has 3 heterocycles. The molecule has 2 saturated heterocycles. The lowest BCUT2D eigenvalue weighted by Crippen LogP contribution is -2.64. The summed E-state index contributed by atoms with van der Waals surface area (Å²) < 4.78 is 5.22. The van der Waals surface area contributed by atoms with Crippen LogP contribution in [0.3, 0.4) is 0 Å². The van der Waals surface area contributed by atoms with Gasteiger partial charge in [0.15, 0.2) is 17.9 Å². The third-order valence-electron chi connectivity index (χ3n) is 10.8. The van der Waals surface area contributed by atoms with Gasteiger partial charge in [-0.05, 0) is 29.7 Å². The average molecular weight is 925 g/mol. The molecule has 22 heteroatoms. The van der Waals surface area contributed by atoms with Crippen LogP contribution in [0, 0.1) is 0 Å². The Morgan fingerprint density at radius 2 is 1.65 bits per heavy atom. The van der Waals surface area contributed by atoms with E-state index in [1.165, 1.54) is 13.1 Å². The number of nitrogens with zero attached hydrogens (tertiary/aromatic N) is 1. The number of allylic oxidation sites excluding steroid dienone is 2. The Morgan fingerprint density at radius 1 is 0.908 bits per heavy atom. The number of fused-ring (bicyclic) bond motifs is 2. The maximum atomic E-state index is 13.8. The monoisotopic (exact) mass is 924 g/mol. The summed E-state index contributed by atoms with van der Waals surface area (Å²) in [5, 5.41) is 71.1. The van der Waals surface area contributed by atoms with Crippen molar-refractivity contribution in [1.82, 2.24) is 41.8 Å². The summed E-state index contributed by atoms with van der Waals surface area (Å²) in [5.74, 6) is -6.83. The Hall–Kier alpha value is -6.20. The number of aliphatic hydroxyl groups is 5. The number of hydrogen-bond acceptors (Lipinski definition) is 13.